The summed E-state index contributed by atoms with van der Waals surface area (Å²) in [7, 11) is 0. The molecule has 3 heteroatoms. The van der Waals surface area contributed by atoms with Crippen molar-refractivity contribution in [3.05, 3.63) is 81.7 Å². The Morgan fingerprint density at radius 2 is 1.77 bits per heavy atom. The average molecular weight is 328 g/mol. The van der Waals surface area contributed by atoms with E-state index < -0.39 is 0 Å². The van der Waals surface area contributed by atoms with E-state index >= 15 is 0 Å². The molecule has 1 aromatic heterocycles. The molecule has 3 rings (SSSR count). The number of rotatable bonds is 5. The first kappa shape index (κ1) is 15.3. The summed E-state index contributed by atoms with van der Waals surface area (Å²) < 4.78 is 0. The van der Waals surface area contributed by atoms with Crippen LogP contribution in [-0.4, -0.2) is 0 Å². The fourth-order valence-corrected chi connectivity index (χ4v) is 3.50. The van der Waals surface area contributed by atoms with Crippen molar-refractivity contribution in [1.82, 2.24) is 5.32 Å². The smallest absolute Gasteiger partial charge is 0.0406 e. The molecule has 0 atom stereocenters. The van der Waals surface area contributed by atoms with Gasteiger partial charge in [0.1, 0.15) is 0 Å². The molecule has 0 aliphatic heterocycles. The van der Waals surface area contributed by atoms with E-state index in [2.05, 4.69) is 60.8 Å². The van der Waals surface area contributed by atoms with Gasteiger partial charge < -0.3 is 5.32 Å². The number of nitrogens with one attached hydrogen (secondary N) is 1. The van der Waals surface area contributed by atoms with Gasteiger partial charge in [-0.05, 0) is 42.3 Å². The van der Waals surface area contributed by atoms with Gasteiger partial charge in [0, 0.05) is 27.9 Å². The van der Waals surface area contributed by atoms with Crippen LogP contribution >= 0.6 is 22.9 Å². The summed E-state index contributed by atoms with van der Waals surface area (Å²) in [6.45, 7) is 3.92. The van der Waals surface area contributed by atoms with Crippen LogP contribution in [0.4, 0.5) is 0 Å². The van der Waals surface area contributed by atoms with Gasteiger partial charge in [0.05, 0.1) is 0 Å². The first-order valence-corrected chi connectivity index (χ1v) is 8.51. The third kappa shape index (κ3) is 3.98. The molecule has 0 unspecified atom stereocenters. The Labute approximate surface area is 140 Å². The second-order valence-corrected chi connectivity index (χ2v) is 6.97. The summed E-state index contributed by atoms with van der Waals surface area (Å²) in [4.78, 5) is 2.63. The molecule has 1 heterocycles. The maximum atomic E-state index is 5.94. The standard InChI is InChI=1S/C19H18ClNS/c1-14-3-2-4-15(11-14)12-21-13-18-9-10-19(22-18)16-5-7-17(20)8-6-16/h2-11,21H,12-13H2,1H3. The predicted molar refractivity (Wildman–Crippen MR) is 96.5 cm³/mol. The highest BCUT2D eigenvalue weighted by Gasteiger charge is 2.03. The maximum absolute atomic E-state index is 5.94. The highest BCUT2D eigenvalue weighted by Crippen LogP contribution is 2.29. The number of hydrogen-bond donors (Lipinski definition) is 1. The Balaban J connectivity index is 1.59. The van der Waals surface area contributed by atoms with Crippen LogP contribution in [0.5, 0.6) is 0 Å². The zero-order valence-electron chi connectivity index (χ0n) is 12.5. The highest BCUT2D eigenvalue weighted by atomic mass is 35.5. The second-order valence-electron chi connectivity index (χ2n) is 5.37. The van der Waals surface area contributed by atoms with Crippen molar-refractivity contribution >= 4 is 22.9 Å². The lowest BCUT2D eigenvalue weighted by Crippen LogP contribution is -2.11. The zero-order valence-corrected chi connectivity index (χ0v) is 14.0. The van der Waals surface area contributed by atoms with Crippen LogP contribution in [0.1, 0.15) is 16.0 Å². The topological polar surface area (TPSA) is 12.0 Å². The van der Waals surface area contributed by atoms with E-state index in [4.69, 9.17) is 11.6 Å². The lowest BCUT2D eigenvalue weighted by molar-refractivity contribution is 0.700. The second kappa shape index (κ2) is 7.10. The number of benzene rings is 2. The van der Waals surface area contributed by atoms with Gasteiger partial charge in [-0.15, -0.1) is 11.3 Å². The Hall–Kier alpha value is -1.61. The van der Waals surface area contributed by atoms with Crippen LogP contribution in [0.2, 0.25) is 5.02 Å². The Morgan fingerprint density at radius 3 is 2.55 bits per heavy atom. The zero-order chi connectivity index (χ0) is 15.4. The Morgan fingerprint density at radius 1 is 0.955 bits per heavy atom. The first-order valence-electron chi connectivity index (χ1n) is 7.31. The van der Waals surface area contributed by atoms with Gasteiger partial charge in [0.15, 0.2) is 0 Å². The molecule has 0 aliphatic rings. The third-order valence-electron chi connectivity index (χ3n) is 3.50. The SMILES string of the molecule is Cc1cccc(CNCc2ccc(-c3ccc(Cl)cc3)s2)c1. The lowest BCUT2D eigenvalue weighted by atomic mass is 10.1. The molecule has 2 aromatic carbocycles. The van der Waals surface area contributed by atoms with E-state index in [0.717, 1.165) is 18.1 Å². The van der Waals surface area contributed by atoms with Crippen molar-refractivity contribution in [2.24, 2.45) is 0 Å². The van der Waals surface area contributed by atoms with Crippen LogP contribution in [0.25, 0.3) is 10.4 Å². The third-order valence-corrected chi connectivity index (χ3v) is 4.89. The van der Waals surface area contributed by atoms with E-state index in [9.17, 15) is 0 Å². The molecule has 3 aromatic rings. The van der Waals surface area contributed by atoms with Crippen LogP contribution in [0, 0.1) is 6.92 Å². The highest BCUT2D eigenvalue weighted by molar-refractivity contribution is 7.15. The van der Waals surface area contributed by atoms with Crippen LogP contribution in [0.3, 0.4) is 0 Å². The molecular weight excluding hydrogens is 310 g/mol. The summed E-state index contributed by atoms with van der Waals surface area (Å²) >= 11 is 7.76. The largest absolute Gasteiger partial charge is 0.308 e. The fraction of sp³-hybridized carbons (Fsp3) is 0.158. The van der Waals surface area contributed by atoms with Crippen molar-refractivity contribution < 1.29 is 0 Å². The van der Waals surface area contributed by atoms with Crippen molar-refractivity contribution in [2.75, 3.05) is 0 Å². The number of halogens is 1. The minimum absolute atomic E-state index is 0.778. The molecule has 0 aliphatic carbocycles. The van der Waals surface area contributed by atoms with E-state index in [1.165, 1.54) is 26.4 Å². The molecule has 0 radical (unpaired) electrons. The van der Waals surface area contributed by atoms with Crippen LogP contribution < -0.4 is 5.32 Å². The van der Waals surface area contributed by atoms with Crippen molar-refractivity contribution in [1.29, 1.82) is 0 Å². The maximum Gasteiger partial charge on any atom is 0.0406 e. The van der Waals surface area contributed by atoms with E-state index in [1.54, 1.807) is 0 Å². The van der Waals surface area contributed by atoms with Crippen molar-refractivity contribution in [2.45, 2.75) is 20.0 Å². The fourth-order valence-electron chi connectivity index (χ4n) is 2.39. The molecule has 0 bridgehead atoms. The minimum atomic E-state index is 0.778. The van der Waals surface area contributed by atoms with Gasteiger partial charge in [-0.1, -0.05) is 53.6 Å². The van der Waals surface area contributed by atoms with Crippen LogP contribution in [-0.2, 0) is 13.1 Å². The monoisotopic (exact) mass is 327 g/mol. The quantitative estimate of drug-likeness (QED) is 0.637. The van der Waals surface area contributed by atoms with Gasteiger partial charge in [0.25, 0.3) is 0 Å². The summed E-state index contributed by atoms with van der Waals surface area (Å²) in [6, 6.07) is 21.0. The van der Waals surface area contributed by atoms with Crippen molar-refractivity contribution in [3.63, 3.8) is 0 Å². The minimum Gasteiger partial charge on any atom is -0.308 e. The molecule has 0 spiro atoms. The molecule has 22 heavy (non-hydrogen) atoms. The molecule has 1 nitrogen and oxygen atoms in total. The summed E-state index contributed by atoms with van der Waals surface area (Å²) in [5.41, 5.74) is 3.86. The number of aryl methyl sites for hydroxylation is 1. The van der Waals surface area contributed by atoms with E-state index in [-0.39, 0.29) is 0 Å². The summed E-state index contributed by atoms with van der Waals surface area (Å²) in [6.07, 6.45) is 0. The van der Waals surface area contributed by atoms with Crippen LogP contribution in [0.15, 0.2) is 60.7 Å². The molecule has 0 fully saturated rings. The molecule has 1 N–H and O–H groups in total. The van der Waals surface area contributed by atoms with Gasteiger partial charge in [-0.2, -0.15) is 0 Å². The van der Waals surface area contributed by atoms with E-state index in [1.807, 2.05) is 23.5 Å². The van der Waals surface area contributed by atoms with Gasteiger partial charge in [-0.3, -0.25) is 0 Å². The predicted octanol–water partition coefficient (Wildman–Crippen LogP) is 5.67. The van der Waals surface area contributed by atoms with Gasteiger partial charge in [-0.25, -0.2) is 0 Å². The number of hydrogen-bond acceptors (Lipinski definition) is 2. The average Bonchev–Trinajstić information content (AvgIpc) is 2.97. The normalized spacial score (nSPS) is 10.8. The van der Waals surface area contributed by atoms with Crippen molar-refractivity contribution in [3.8, 4) is 10.4 Å². The lowest BCUT2D eigenvalue weighted by Gasteiger charge is -2.04. The number of thiophene rings is 1. The summed E-state index contributed by atoms with van der Waals surface area (Å²) in [5, 5.41) is 4.29. The first-order chi connectivity index (χ1) is 10.7. The molecule has 0 amide bonds. The molecule has 0 saturated heterocycles. The van der Waals surface area contributed by atoms with Gasteiger partial charge >= 0.3 is 0 Å². The summed E-state index contributed by atoms with van der Waals surface area (Å²) in [5.74, 6) is 0. The Kier molecular flexibility index (Phi) is 4.94. The van der Waals surface area contributed by atoms with Gasteiger partial charge in [0.2, 0.25) is 0 Å². The Bertz CT molecular complexity index is 746. The van der Waals surface area contributed by atoms with E-state index in [0.29, 0.717) is 0 Å². The molecule has 112 valence electrons. The molecule has 0 saturated carbocycles. The molecular formula is C19H18ClNS.